The van der Waals surface area contributed by atoms with Crippen molar-refractivity contribution in [2.45, 2.75) is 6.92 Å². The van der Waals surface area contributed by atoms with Gasteiger partial charge in [-0.2, -0.15) is 5.10 Å². The lowest BCUT2D eigenvalue weighted by molar-refractivity contribution is -0.133. The third-order valence-corrected chi connectivity index (χ3v) is 2.58. The van der Waals surface area contributed by atoms with Gasteiger partial charge in [-0.25, -0.2) is 9.48 Å². The van der Waals surface area contributed by atoms with Gasteiger partial charge < -0.3 is 4.74 Å². The molecule has 1 aromatic carbocycles. The molecule has 0 radical (unpaired) electrons. The quantitative estimate of drug-likeness (QED) is 0.613. The van der Waals surface area contributed by atoms with Crippen LogP contribution in [0.1, 0.15) is 12.6 Å². The van der Waals surface area contributed by atoms with Crippen molar-refractivity contribution < 1.29 is 9.53 Å². The van der Waals surface area contributed by atoms with E-state index >= 15 is 0 Å². The van der Waals surface area contributed by atoms with E-state index in [1.54, 1.807) is 23.7 Å². The molecule has 0 saturated heterocycles. The predicted molar refractivity (Wildman–Crippen MR) is 69.2 cm³/mol. The maximum absolute atomic E-state index is 11.5. The summed E-state index contributed by atoms with van der Waals surface area (Å²) in [6.45, 7) is 1.79. The number of hydrogen-bond donors (Lipinski definition) is 0. The Kier molecular flexibility index (Phi) is 3.57. The molecule has 4 nitrogen and oxygen atoms in total. The lowest BCUT2D eigenvalue weighted by atomic mass is 10.2. The highest BCUT2D eigenvalue weighted by molar-refractivity contribution is 6.15. The van der Waals surface area contributed by atoms with Gasteiger partial charge >= 0.3 is 5.97 Å². The summed E-state index contributed by atoms with van der Waals surface area (Å²) in [5.74, 6) is -0.379. The molecule has 0 spiro atoms. The Morgan fingerprint density at radius 1 is 1.28 bits per heavy atom. The van der Waals surface area contributed by atoms with E-state index in [4.69, 9.17) is 4.74 Å². The van der Waals surface area contributed by atoms with Crippen molar-refractivity contribution in [3.8, 4) is 5.69 Å². The second-order valence-electron chi connectivity index (χ2n) is 3.68. The summed E-state index contributed by atoms with van der Waals surface area (Å²) in [5.41, 5.74) is 2.02. The topological polar surface area (TPSA) is 44.1 Å². The van der Waals surface area contributed by atoms with Crippen LogP contribution in [0.25, 0.3) is 11.3 Å². The van der Waals surface area contributed by atoms with Gasteiger partial charge in [-0.3, -0.25) is 0 Å². The summed E-state index contributed by atoms with van der Waals surface area (Å²) in [5, 5.41) is 4.37. The number of allylic oxidation sites excluding steroid dienone is 1. The Morgan fingerprint density at radius 3 is 2.61 bits per heavy atom. The van der Waals surface area contributed by atoms with Crippen LogP contribution in [0.4, 0.5) is 0 Å². The predicted octanol–water partition coefficient (Wildman–Crippen LogP) is 2.45. The summed E-state index contributed by atoms with van der Waals surface area (Å²) in [7, 11) is 1.36. The van der Waals surface area contributed by atoms with Crippen LogP contribution in [0.15, 0.2) is 48.7 Å². The van der Waals surface area contributed by atoms with Gasteiger partial charge in [0.25, 0.3) is 0 Å². The Labute approximate surface area is 106 Å². The number of carbonyl (C=O) groups excluding carboxylic acids is 1. The summed E-state index contributed by atoms with van der Waals surface area (Å²) >= 11 is 0. The number of rotatable bonds is 3. The van der Waals surface area contributed by atoms with E-state index in [1.165, 1.54) is 7.11 Å². The van der Waals surface area contributed by atoms with Gasteiger partial charge in [0.2, 0.25) is 0 Å². The van der Waals surface area contributed by atoms with Crippen LogP contribution in [-0.2, 0) is 9.53 Å². The molecule has 1 aromatic heterocycles. The Hall–Kier alpha value is -2.36. The van der Waals surface area contributed by atoms with Crippen molar-refractivity contribution in [3.63, 3.8) is 0 Å². The molecule has 0 aliphatic heterocycles. The van der Waals surface area contributed by atoms with Crippen molar-refractivity contribution in [2.24, 2.45) is 0 Å². The van der Waals surface area contributed by atoms with Crippen molar-refractivity contribution in [1.82, 2.24) is 9.78 Å². The average molecular weight is 242 g/mol. The number of benzene rings is 1. The van der Waals surface area contributed by atoms with Gasteiger partial charge in [-0.05, 0) is 25.1 Å². The maximum Gasteiger partial charge on any atom is 0.339 e. The zero-order valence-electron chi connectivity index (χ0n) is 10.3. The third kappa shape index (κ3) is 2.32. The fourth-order valence-electron chi connectivity index (χ4n) is 1.67. The molecule has 0 saturated carbocycles. The Bertz CT molecular complexity index is 570. The monoisotopic (exact) mass is 242 g/mol. The van der Waals surface area contributed by atoms with Crippen LogP contribution in [0.2, 0.25) is 0 Å². The third-order valence-electron chi connectivity index (χ3n) is 2.58. The lowest BCUT2D eigenvalue weighted by Crippen LogP contribution is -2.05. The smallest absolute Gasteiger partial charge is 0.339 e. The molecule has 0 N–H and O–H groups in total. The number of aromatic nitrogens is 2. The minimum absolute atomic E-state index is 0.379. The molecule has 0 fully saturated rings. The van der Waals surface area contributed by atoms with Gasteiger partial charge in [0.1, 0.15) is 0 Å². The van der Waals surface area contributed by atoms with Crippen molar-refractivity contribution in [1.29, 1.82) is 0 Å². The highest BCUT2D eigenvalue weighted by atomic mass is 16.5. The molecule has 4 heteroatoms. The number of esters is 1. The van der Waals surface area contributed by atoms with E-state index in [0.717, 1.165) is 5.69 Å². The SMILES string of the molecule is C/C=C(/C(=O)OC)c1ccn(-c2ccccc2)n1. The number of carbonyl (C=O) groups is 1. The normalized spacial score (nSPS) is 11.3. The van der Waals surface area contributed by atoms with Gasteiger partial charge in [-0.1, -0.05) is 24.3 Å². The van der Waals surface area contributed by atoms with E-state index in [1.807, 2.05) is 36.5 Å². The molecule has 92 valence electrons. The number of nitrogens with zero attached hydrogens (tertiary/aromatic N) is 2. The van der Waals surface area contributed by atoms with E-state index in [-0.39, 0.29) is 5.97 Å². The zero-order chi connectivity index (χ0) is 13.0. The van der Waals surface area contributed by atoms with Crippen LogP contribution in [0.5, 0.6) is 0 Å². The molecule has 0 aliphatic carbocycles. The summed E-state index contributed by atoms with van der Waals surface area (Å²) < 4.78 is 6.44. The van der Waals surface area contributed by atoms with Crippen LogP contribution in [-0.4, -0.2) is 22.9 Å². The standard InChI is InChI=1S/C14H14N2O2/c1-3-12(14(17)18-2)13-9-10-16(15-13)11-7-5-4-6-8-11/h3-10H,1-2H3/b12-3+. The molecule has 0 bridgehead atoms. The van der Waals surface area contributed by atoms with Crippen LogP contribution >= 0.6 is 0 Å². The second-order valence-corrected chi connectivity index (χ2v) is 3.68. The Balaban J connectivity index is 2.34. The van der Waals surface area contributed by atoms with E-state index in [2.05, 4.69) is 5.10 Å². The minimum Gasteiger partial charge on any atom is -0.465 e. The molecular formula is C14H14N2O2. The van der Waals surface area contributed by atoms with Crippen LogP contribution < -0.4 is 0 Å². The molecular weight excluding hydrogens is 228 g/mol. The number of ether oxygens (including phenoxy) is 1. The first-order valence-electron chi connectivity index (χ1n) is 5.62. The van der Waals surface area contributed by atoms with Crippen LogP contribution in [0.3, 0.4) is 0 Å². The zero-order valence-corrected chi connectivity index (χ0v) is 10.3. The second kappa shape index (κ2) is 5.31. The molecule has 1 heterocycles. The first-order valence-corrected chi connectivity index (χ1v) is 5.62. The molecule has 0 unspecified atom stereocenters. The minimum atomic E-state index is -0.379. The fourth-order valence-corrected chi connectivity index (χ4v) is 1.67. The average Bonchev–Trinajstić information content (AvgIpc) is 2.90. The first-order chi connectivity index (χ1) is 8.76. The maximum atomic E-state index is 11.5. The fraction of sp³-hybridized carbons (Fsp3) is 0.143. The number of hydrogen-bond acceptors (Lipinski definition) is 3. The number of methoxy groups -OCH3 is 1. The van der Waals surface area contributed by atoms with E-state index < -0.39 is 0 Å². The van der Waals surface area contributed by atoms with Crippen molar-refractivity contribution in [3.05, 3.63) is 54.4 Å². The number of para-hydroxylation sites is 1. The summed E-state index contributed by atoms with van der Waals surface area (Å²) in [4.78, 5) is 11.5. The Morgan fingerprint density at radius 2 is 2.00 bits per heavy atom. The van der Waals surface area contributed by atoms with Gasteiger partial charge in [0.05, 0.1) is 24.1 Å². The molecule has 2 rings (SSSR count). The van der Waals surface area contributed by atoms with E-state index in [0.29, 0.717) is 11.3 Å². The van der Waals surface area contributed by atoms with Gasteiger partial charge in [0.15, 0.2) is 0 Å². The van der Waals surface area contributed by atoms with E-state index in [9.17, 15) is 4.79 Å². The molecule has 2 aromatic rings. The van der Waals surface area contributed by atoms with Crippen molar-refractivity contribution in [2.75, 3.05) is 7.11 Å². The molecule has 0 atom stereocenters. The largest absolute Gasteiger partial charge is 0.465 e. The van der Waals surface area contributed by atoms with Gasteiger partial charge in [-0.15, -0.1) is 0 Å². The molecule has 0 amide bonds. The lowest BCUT2D eigenvalue weighted by Gasteiger charge is -2.02. The van der Waals surface area contributed by atoms with Crippen LogP contribution in [0, 0.1) is 0 Å². The molecule has 0 aliphatic rings. The van der Waals surface area contributed by atoms with Gasteiger partial charge in [0, 0.05) is 6.20 Å². The highest BCUT2D eigenvalue weighted by Crippen LogP contribution is 2.15. The summed E-state index contributed by atoms with van der Waals surface area (Å²) in [6, 6.07) is 11.5. The first kappa shape index (κ1) is 12.1. The molecule has 18 heavy (non-hydrogen) atoms. The van der Waals surface area contributed by atoms with Crippen molar-refractivity contribution >= 4 is 11.5 Å². The summed E-state index contributed by atoms with van der Waals surface area (Å²) in [6.07, 6.45) is 3.51. The highest BCUT2D eigenvalue weighted by Gasteiger charge is 2.14.